The molecule has 0 spiro atoms. The molecule has 0 bridgehead atoms. The normalized spacial score (nSPS) is 18.6. The molecule has 0 aromatic carbocycles. The van der Waals surface area contributed by atoms with Gasteiger partial charge in [0.2, 0.25) is 5.91 Å². The molecule has 1 amide bonds. The first-order chi connectivity index (χ1) is 9.33. The third-order valence-corrected chi connectivity index (χ3v) is 3.50. The molecule has 2 heterocycles. The van der Waals surface area contributed by atoms with E-state index >= 15 is 0 Å². The zero-order valence-electron chi connectivity index (χ0n) is 10.7. The van der Waals surface area contributed by atoms with Crippen LogP contribution in [0.1, 0.15) is 25.0 Å². The fraction of sp³-hybridized carbons (Fsp3) is 0.333. The van der Waals surface area contributed by atoms with Gasteiger partial charge in [0.1, 0.15) is 0 Å². The Balaban J connectivity index is 1.62. The summed E-state index contributed by atoms with van der Waals surface area (Å²) in [6.45, 7) is 0.501. The lowest BCUT2D eigenvalue weighted by molar-refractivity contribution is -0.125. The lowest BCUT2D eigenvalue weighted by Gasteiger charge is -2.16. The van der Waals surface area contributed by atoms with Gasteiger partial charge in [-0.3, -0.25) is 4.79 Å². The molecule has 3 rings (SSSR count). The maximum Gasteiger partial charge on any atom is 0.223 e. The molecule has 2 aromatic rings. The van der Waals surface area contributed by atoms with Gasteiger partial charge in [-0.25, -0.2) is 4.52 Å². The van der Waals surface area contributed by atoms with Crippen LogP contribution in [0.25, 0.3) is 5.52 Å². The van der Waals surface area contributed by atoms with Gasteiger partial charge in [-0.05, 0) is 37.5 Å². The van der Waals surface area contributed by atoms with Crippen LogP contribution in [-0.4, -0.2) is 15.5 Å². The average Bonchev–Trinajstić information content (AvgIpc) is 2.88. The molecule has 0 saturated carbocycles. The van der Waals surface area contributed by atoms with Gasteiger partial charge in [-0.15, -0.1) is 0 Å². The van der Waals surface area contributed by atoms with E-state index in [0.29, 0.717) is 6.54 Å². The van der Waals surface area contributed by atoms with Gasteiger partial charge in [-0.2, -0.15) is 5.10 Å². The maximum atomic E-state index is 12.0. The minimum absolute atomic E-state index is 0.127. The third kappa shape index (κ3) is 2.67. The summed E-state index contributed by atoms with van der Waals surface area (Å²) in [6, 6.07) is 7.93. The van der Waals surface area contributed by atoms with E-state index in [1.54, 1.807) is 0 Å². The topological polar surface area (TPSA) is 46.4 Å². The second-order valence-corrected chi connectivity index (χ2v) is 4.90. The number of hydrogen-bond donors (Lipinski definition) is 1. The van der Waals surface area contributed by atoms with E-state index in [2.05, 4.69) is 22.6 Å². The third-order valence-electron chi connectivity index (χ3n) is 3.50. The van der Waals surface area contributed by atoms with E-state index in [4.69, 9.17) is 0 Å². The van der Waals surface area contributed by atoms with Gasteiger partial charge >= 0.3 is 0 Å². The number of carbonyl (C=O) groups excluding carboxylic acids is 1. The minimum Gasteiger partial charge on any atom is -0.350 e. The van der Waals surface area contributed by atoms with Crippen LogP contribution in [0, 0.1) is 5.92 Å². The summed E-state index contributed by atoms with van der Waals surface area (Å²) in [5, 5.41) is 7.40. The van der Waals surface area contributed by atoms with E-state index in [9.17, 15) is 4.79 Å². The van der Waals surface area contributed by atoms with Crippen molar-refractivity contribution in [1.82, 2.24) is 14.9 Å². The first-order valence-electron chi connectivity index (χ1n) is 6.69. The second-order valence-electron chi connectivity index (χ2n) is 4.90. The number of nitrogens with one attached hydrogen (secondary N) is 1. The number of pyridine rings is 1. The van der Waals surface area contributed by atoms with Crippen LogP contribution >= 0.6 is 0 Å². The average molecular weight is 255 g/mol. The van der Waals surface area contributed by atoms with Crippen LogP contribution in [0.2, 0.25) is 0 Å². The van der Waals surface area contributed by atoms with Crippen LogP contribution in [0.5, 0.6) is 0 Å². The summed E-state index contributed by atoms with van der Waals surface area (Å²) in [4.78, 5) is 12.0. The number of nitrogens with zero attached hydrogens (tertiary/aromatic N) is 2. The number of amides is 1. The van der Waals surface area contributed by atoms with Crippen LogP contribution in [-0.2, 0) is 11.3 Å². The maximum absolute atomic E-state index is 12.0. The first-order valence-corrected chi connectivity index (χ1v) is 6.69. The van der Waals surface area contributed by atoms with E-state index in [-0.39, 0.29) is 11.8 Å². The molecule has 0 radical (unpaired) electrons. The summed E-state index contributed by atoms with van der Waals surface area (Å²) in [6.07, 6.45) is 8.97. The highest BCUT2D eigenvalue weighted by Crippen LogP contribution is 2.18. The lowest BCUT2D eigenvalue weighted by Crippen LogP contribution is -2.30. The van der Waals surface area contributed by atoms with Crippen molar-refractivity contribution in [3.63, 3.8) is 0 Å². The van der Waals surface area contributed by atoms with Gasteiger partial charge in [0, 0.05) is 12.1 Å². The predicted molar refractivity (Wildman–Crippen MR) is 73.5 cm³/mol. The monoisotopic (exact) mass is 255 g/mol. The highest BCUT2D eigenvalue weighted by atomic mass is 16.1. The molecule has 0 saturated heterocycles. The Labute approximate surface area is 112 Å². The molecule has 1 aliphatic carbocycles. The molecule has 19 heavy (non-hydrogen) atoms. The van der Waals surface area contributed by atoms with Crippen molar-refractivity contribution in [2.45, 2.75) is 25.8 Å². The largest absolute Gasteiger partial charge is 0.350 e. The SMILES string of the molecule is O=C(NCc1cc2ccccn2n1)C1CC=CCC1. The van der Waals surface area contributed by atoms with Crippen molar-refractivity contribution in [1.29, 1.82) is 0 Å². The summed E-state index contributed by atoms with van der Waals surface area (Å²) in [7, 11) is 0. The smallest absolute Gasteiger partial charge is 0.223 e. The standard InChI is InChI=1S/C15H17N3O/c19-15(12-6-2-1-3-7-12)16-11-13-10-14-8-4-5-9-18(14)17-13/h1-2,4-5,8-10,12H,3,6-7,11H2,(H,16,19). The number of rotatable bonds is 3. The molecule has 1 atom stereocenters. The Morgan fingerprint density at radius 3 is 3.16 bits per heavy atom. The molecule has 4 heteroatoms. The van der Waals surface area contributed by atoms with E-state index < -0.39 is 0 Å². The number of fused-ring (bicyclic) bond motifs is 1. The van der Waals surface area contributed by atoms with Gasteiger partial charge in [0.15, 0.2) is 0 Å². The molecule has 1 unspecified atom stereocenters. The van der Waals surface area contributed by atoms with E-state index in [0.717, 1.165) is 30.5 Å². The lowest BCUT2D eigenvalue weighted by atomic mass is 9.94. The van der Waals surface area contributed by atoms with Crippen LogP contribution < -0.4 is 5.32 Å². The summed E-state index contributed by atoms with van der Waals surface area (Å²) >= 11 is 0. The molecule has 2 aromatic heterocycles. The Bertz CT molecular complexity index is 582. The van der Waals surface area contributed by atoms with Crippen molar-refractivity contribution in [3.05, 3.63) is 48.3 Å². The molecule has 1 aliphatic rings. The molecule has 0 fully saturated rings. The van der Waals surface area contributed by atoms with Gasteiger partial charge < -0.3 is 5.32 Å². The molecule has 0 aliphatic heterocycles. The van der Waals surface area contributed by atoms with Gasteiger partial charge in [0.05, 0.1) is 17.8 Å². The number of allylic oxidation sites excluding steroid dienone is 2. The van der Waals surface area contributed by atoms with Gasteiger partial charge in [-0.1, -0.05) is 18.2 Å². The van der Waals surface area contributed by atoms with Crippen LogP contribution in [0.3, 0.4) is 0 Å². The Morgan fingerprint density at radius 1 is 1.42 bits per heavy atom. The quantitative estimate of drug-likeness (QED) is 0.855. The molecular formula is C15H17N3O. The van der Waals surface area contributed by atoms with Crippen molar-refractivity contribution in [2.24, 2.45) is 5.92 Å². The number of aromatic nitrogens is 2. The van der Waals surface area contributed by atoms with Crippen LogP contribution in [0.15, 0.2) is 42.6 Å². The highest BCUT2D eigenvalue weighted by Gasteiger charge is 2.18. The highest BCUT2D eigenvalue weighted by molar-refractivity contribution is 5.78. The second kappa shape index (κ2) is 5.26. The number of hydrogen-bond acceptors (Lipinski definition) is 2. The fourth-order valence-electron chi connectivity index (χ4n) is 2.43. The first kappa shape index (κ1) is 12.0. The van der Waals surface area contributed by atoms with Crippen molar-refractivity contribution < 1.29 is 4.79 Å². The van der Waals surface area contributed by atoms with Crippen molar-refractivity contribution in [3.8, 4) is 0 Å². The Hall–Kier alpha value is -2.10. The van der Waals surface area contributed by atoms with E-state index in [1.807, 2.05) is 35.0 Å². The molecular weight excluding hydrogens is 238 g/mol. The molecule has 1 N–H and O–H groups in total. The fourth-order valence-corrected chi connectivity index (χ4v) is 2.43. The summed E-state index contributed by atoms with van der Waals surface area (Å²) in [5.41, 5.74) is 1.94. The minimum atomic E-state index is 0.127. The Morgan fingerprint density at radius 2 is 2.37 bits per heavy atom. The molecule has 4 nitrogen and oxygen atoms in total. The van der Waals surface area contributed by atoms with Crippen molar-refractivity contribution in [2.75, 3.05) is 0 Å². The zero-order chi connectivity index (χ0) is 13.1. The van der Waals surface area contributed by atoms with Gasteiger partial charge in [0.25, 0.3) is 0 Å². The zero-order valence-corrected chi connectivity index (χ0v) is 10.7. The summed E-state index contributed by atoms with van der Waals surface area (Å²) < 4.78 is 1.82. The molecule has 98 valence electrons. The predicted octanol–water partition coefficient (Wildman–Crippen LogP) is 2.31. The van der Waals surface area contributed by atoms with E-state index in [1.165, 1.54) is 0 Å². The Kier molecular flexibility index (Phi) is 3.31. The summed E-state index contributed by atoms with van der Waals surface area (Å²) in [5.74, 6) is 0.267. The van der Waals surface area contributed by atoms with Crippen LogP contribution in [0.4, 0.5) is 0 Å². The number of carbonyl (C=O) groups is 1. The van der Waals surface area contributed by atoms with Crippen molar-refractivity contribution >= 4 is 11.4 Å².